The third-order valence-electron chi connectivity index (χ3n) is 5.54. The summed E-state index contributed by atoms with van der Waals surface area (Å²) in [6.07, 6.45) is 4.92. The molecule has 126 valence electrons. The fraction of sp³-hybridized carbons (Fsp3) is 0.632. The maximum absolute atomic E-state index is 13.1. The SMILES string of the molecule is Cc1cccc(C2(C(=O)NCC3CNCC3O)CCCCC2)c1. The number of amides is 1. The van der Waals surface area contributed by atoms with Gasteiger partial charge in [0.25, 0.3) is 0 Å². The molecule has 1 heterocycles. The van der Waals surface area contributed by atoms with E-state index in [0.717, 1.165) is 37.8 Å². The minimum absolute atomic E-state index is 0.122. The summed E-state index contributed by atoms with van der Waals surface area (Å²) in [5.41, 5.74) is 1.97. The van der Waals surface area contributed by atoms with Gasteiger partial charge in [-0.1, -0.05) is 49.1 Å². The molecular formula is C19H28N2O2. The van der Waals surface area contributed by atoms with Crippen molar-refractivity contribution in [3.63, 3.8) is 0 Å². The Balaban J connectivity index is 1.76. The Morgan fingerprint density at radius 3 is 2.74 bits per heavy atom. The molecule has 1 aromatic carbocycles. The normalized spacial score (nSPS) is 26.9. The van der Waals surface area contributed by atoms with Gasteiger partial charge < -0.3 is 15.7 Å². The van der Waals surface area contributed by atoms with Gasteiger partial charge in [-0.15, -0.1) is 0 Å². The molecule has 0 aromatic heterocycles. The molecule has 2 unspecified atom stereocenters. The topological polar surface area (TPSA) is 61.4 Å². The van der Waals surface area contributed by atoms with Crippen LogP contribution in [-0.2, 0) is 10.2 Å². The van der Waals surface area contributed by atoms with Gasteiger partial charge in [0.05, 0.1) is 11.5 Å². The van der Waals surface area contributed by atoms with Crippen molar-refractivity contribution in [2.24, 2.45) is 5.92 Å². The van der Waals surface area contributed by atoms with E-state index in [4.69, 9.17) is 0 Å². The summed E-state index contributed by atoms with van der Waals surface area (Å²) in [6, 6.07) is 8.40. The Labute approximate surface area is 138 Å². The minimum atomic E-state index is -0.388. The summed E-state index contributed by atoms with van der Waals surface area (Å²) in [7, 11) is 0. The van der Waals surface area contributed by atoms with Gasteiger partial charge >= 0.3 is 0 Å². The van der Waals surface area contributed by atoms with Crippen molar-refractivity contribution in [1.29, 1.82) is 0 Å². The molecule has 1 saturated carbocycles. The van der Waals surface area contributed by atoms with Crippen molar-refractivity contribution in [2.75, 3.05) is 19.6 Å². The number of hydrogen-bond acceptors (Lipinski definition) is 3. The first kappa shape index (κ1) is 16.5. The van der Waals surface area contributed by atoms with Crippen molar-refractivity contribution in [3.8, 4) is 0 Å². The third-order valence-corrected chi connectivity index (χ3v) is 5.54. The van der Waals surface area contributed by atoms with Crippen LogP contribution >= 0.6 is 0 Å². The van der Waals surface area contributed by atoms with Crippen molar-refractivity contribution in [1.82, 2.24) is 10.6 Å². The number of nitrogens with one attached hydrogen (secondary N) is 2. The lowest BCUT2D eigenvalue weighted by Crippen LogP contribution is -2.48. The summed E-state index contributed by atoms with van der Waals surface area (Å²) in [5, 5.41) is 16.2. The van der Waals surface area contributed by atoms with Crippen LogP contribution in [0.5, 0.6) is 0 Å². The van der Waals surface area contributed by atoms with Crippen LogP contribution < -0.4 is 10.6 Å². The van der Waals surface area contributed by atoms with Gasteiger partial charge in [-0.05, 0) is 25.3 Å². The molecule has 2 fully saturated rings. The zero-order chi connectivity index (χ0) is 16.3. The second kappa shape index (κ2) is 7.02. The molecule has 0 radical (unpaired) electrons. The molecule has 2 aliphatic rings. The molecule has 1 aliphatic carbocycles. The Hall–Kier alpha value is -1.39. The molecule has 1 amide bonds. The number of rotatable bonds is 4. The Kier molecular flexibility index (Phi) is 5.02. The molecule has 1 aromatic rings. The highest BCUT2D eigenvalue weighted by molar-refractivity contribution is 5.88. The van der Waals surface area contributed by atoms with Gasteiger partial charge in [0.1, 0.15) is 0 Å². The molecule has 1 saturated heterocycles. The standard InChI is InChI=1S/C19H28N2O2/c1-14-6-5-7-16(10-14)19(8-3-2-4-9-19)18(23)21-12-15-11-20-13-17(15)22/h5-7,10,15,17,20,22H,2-4,8-9,11-13H2,1H3,(H,21,23). The lowest BCUT2D eigenvalue weighted by Gasteiger charge is -2.37. The first-order chi connectivity index (χ1) is 11.1. The van der Waals surface area contributed by atoms with Gasteiger partial charge in [-0.3, -0.25) is 4.79 Å². The summed E-state index contributed by atoms with van der Waals surface area (Å²) in [6.45, 7) is 4.04. The van der Waals surface area contributed by atoms with E-state index < -0.39 is 0 Å². The molecule has 0 spiro atoms. The van der Waals surface area contributed by atoms with E-state index in [1.807, 2.05) is 0 Å². The third kappa shape index (κ3) is 3.43. The Morgan fingerprint density at radius 2 is 2.09 bits per heavy atom. The number of β-amino-alcohol motifs (C(OH)–C–C–N with tert-alkyl or cyclic N) is 1. The molecule has 3 rings (SSSR count). The maximum Gasteiger partial charge on any atom is 0.230 e. The average molecular weight is 316 g/mol. The summed E-state index contributed by atoms with van der Waals surface area (Å²) >= 11 is 0. The van der Waals surface area contributed by atoms with Gasteiger partial charge in [0.15, 0.2) is 0 Å². The van der Waals surface area contributed by atoms with Crippen LogP contribution in [0, 0.1) is 12.8 Å². The lowest BCUT2D eigenvalue weighted by atomic mass is 9.68. The van der Waals surface area contributed by atoms with Crippen molar-refractivity contribution >= 4 is 5.91 Å². The smallest absolute Gasteiger partial charge is 0.230 e. The van der Waals surface area contributed by atoms with Crippen LogP contribution in [0.3, 0.4) is 0 Å². The van der Waals surface area contributed by atoms with E-state index in [1.165, 1.54) is 12.0 Å². The van der Waals surface area contributed by atoms with Crippen LogP contribution in [0.1, 0.15) is 43.2 Å². The summed E-state index contributed by atoms with van der Waals surface area (Å²) in [5.74, 6) is 0.263. The number of aliphatic hydroxyl groups is 1. The van der Waals surface area contributed by atoms with Gasteiger partial charge in [0.2, 0.25) is 5.91 Å². The van der Waals surface area contributed by atoms with E-state index in [0.29, 0.717) is 13.1 Å². The van der Waals surface area contributed by atoms with Gasteiger partial charge in [-0.25, -0.2) is 0 Å². The van der Waals surface area contributed by atoms with Crippen LogP contribution in [0.2, 0.25) is 0 Å². The largest absolute Gasteiger partial charge is 0.391 e. The van der Waals surface area contributed by atoms with Crippen LogP contribution in [-0.4, -0.2) is 36.8 Å². The summed E-state index contributed by atoms with van der Waals surface area (Å²) < 4.78 is 0. The van der Waals surface area contributed by atoms with E-state index in [-0.39, 0.29) is 23.3 Å². The second-order valence-electron chi connectivity index (χ2n) is 7.21. The first-order valence-corrected chi connectivity index (χ1v) is 8.86. The van der Waals surface area contributed by atoms with E-state index >= 15 is 0 Å². The molecule has 3 N–H and O–H groups in total. The molecule has 4 heteroatoms. The van der Waals surface area contributed by atoms with E-state index in [2.05, 4.69) is 41.8 Å². The lowest BCUT2D eigenvalue weighted by molar-refractivity contribution is -0.128. The highest BCUT2D eigenvalue weighted by Crippen LogP contribution is 2.40. The van der Waals surface area contributed by atoms with Crippen LogP contribution in [0.25, 0.3) is 0 Å². The zero-order valence-corrected chi connectivity index (χ0v) is 14.0. The van der Waals surface area contributed by atoms with Crippen molar-refractivity contribution < 1.29 is 9.90 Å². The quantitative estimate of drug-likeness (QED) is 0.795. The zero-order valence-electron chi connectivity index (χ0n) is 14.0. The molecule has 0 bridgehead atoms. The number of benzene rings is 1. The van der Waals surface area contributed by atoms with E-state index in [1.54, 1.807) is 0 Å². The monoisotopic (exact) mass is 316 g/mol. The maximum atomic E-state index is 13.1. The Bertz CT molecular complexity index is 552. The van der Waals surface area contributed by atoms with Gasteiger partial charge in [-0.2, -0.15) is 0 Å². The minimum Gasteiger partial charge on any atom is -0.391 e. The number of aryl methyl sites for hydroxylation is 1. The highest BCUT2D eigenvalue weighted by Gasteiger charge is 2.41. The first-order valence-electron chi connectivity index (χ1n) is 8.86. The molecule has 4 nitrogen and oxygen atoms in total. The summed E-state index contributed by atoms with van der Waals surface area (Å²) in [4.78, 5) is 13.1. The predicted molar refractivity (Wildman–Crippen MR) is 91.3 cm³/mol. The second-order valence-corrected chi connectivity index (χ2v) is 7.21. The van der Waals surface area contributed by atoms with Crippen molar-refractivity contribution in [2.45, 2.75) is 50.5 Å². The van der Waals surface area contributed by atoms with Crippen LogP contribution in [0.15, 0.2) is 24.3 Å². The number of hydrogen-bond donors (Lipinski definition) is 3. The fourth-order valence-corrected chi connectivity index (χ4v) is 4.07. The fourth-order valence-electron chi connectivity index (χ4n) is 4.07. The number of aliphatic hydroxyl groups excluding tert-OH is 1. The predicted octanol–water partition coefficient (Wildman–Crippen LogP) is 1.89. The Morgan fingerprint density at radius 1 is 1.30 bits per heavy atom. The molecule has 2 atom stereocenters. The highest BCUT2D eigenvalue weighted by atomic mass is 16.3. The number of carbonyl (C=O) groups is 1. The average Bonchev–Trinajstić information content (AvgIpc) is 2.98. The van der Waals surface area contributed by atoms with E-state index in [9.17, 15) is 9.90 Å². The van der Waals surface area contributed by atoms with Crippen LogP contribution in [0.4, 0.5) is 0 Å². The van der Waals surface area contributed by atoms with Gasteiger partial charge in [0, 0.05) is 25.6 Å². The molecule has 23 heavy (non-hydrogen) atoms. The molecule has 1 aliphatic heterocycles. The molecular weight excluding hydrogens is 288 g/mol. The number of carbonyl (C=O) groups excluding carboxylic acids is 1. The van der Waals surface area contributed by atoms with Crippen molar-refractivity contribution in [3.05, 3.63) is 35.4 Å².